The zero-order valence-corrected chi connectivity index (χ0v) is 19.0. The smallest absolute Gasteiger partial charge is 0.222 e. The highest BCUT2D eigenvalue weighted by Gasteiger charge is 2.35. The van der Waals surface area contributed by atoms with Gasteiger partial charge in [0.2, 0.25) is 11.8 Å². The van der Waals surface area contributed by atoms with Crippen molar-refractivity contribution in [1.29, 1.82) is 0 Å². The molecule has 1 saturated heterocycles. The maximum Gasteiger partial charge on any atom is 0.222 e. The molecule has 0 aromatic heterocycles. The van der Waals surface area contributed by atoms with Crippen LogP contribution in [-0.2, 0) is 19.7 Å². The molecular formula is C25H32N2O5. The average molecular weight is 441 g/mol. The van der Waals surface area contributed by atoms with Gasteiger partial charge in [-0.15, -0.1) is 0 Å². The summed E-state index contributed by atoms with van der Waals surface area (Å²) < 4.78 is 16.1. The zero-order chi connectivity index (χ0) is 23.0. The fourth-order valence-electron chi connectivity index (χ4n) is 4.13. The molecule has 1 fully saturated rings. The van der Waals surface area contributed by atoms with E-state index in [0.717, 1.165) is 35.5 Å². The SMILES string of the molecule is COc1ccc(C(CC(=O)NCC2(c3ccc(OC)cc3)CCOCC2)NC(C)=O)cc1. The zero-order valence-electron chi connectivity index (χ0n) is 19.0. The van der Waals surface area contributed by atoms with Gasteiger partial charge in [-0.05, 0) is 48.2 Å². The Morgan fingerprint density at radius 2 is 1.53 bits per heavy atom. The van der Waals surface area contributed by atoms with Gasteiger partial charge in [-0.2, -0.15) is 0 Å². The summed E-state index contributed by atoms with van der Waals surface area (Å²) in [6.07, 6.45) is 1.81. The first-order valence-electron chi connectivity index (χ1n) is 10.9. The number of hydrogen-bond donors (Lipinski definition) is 2. The maximum atomic E-state index is 12.9. The summed E-state index contributed by atoms with van der Waals surface area (Å²) in [6, 6.07) is 15.0. The number of hydrogen-bond acceptors (Lipinski definition) is 5. The quantitative estimate of drug-likeness (QED) is 0.626. The van der Waals surface area contributed by atoms with Crippen LogP contribution in [0, 0.1) is 0 Å². The molecule has 7 nitrogen and oxygen atoms in total. The van der Waals surface area contributed by atoms with Gasteiger partial charge in [0.25, 0.3) is 0 Å². The standard InChI is InChI=1S/C25H32N2O5/c1-18(28)27-23(19-4-8-21(30-2)9-5-19)16-24(29)26-17-25(12-14-32-15-13-25)20-6-10-22(31-3)11-7-20/h4-11,23H,12-17H2,1-3H3,(H,26,29)(H,27,28). The molecule has 0 radical (unpaired) electrons. The van der Waals surface area contributed by atoms with Gasteiger partial charge >= 0.3 is 0 Å². The monoisotopic (exact) mass is 440 g/mol. The summed E-state index contributed by atoms with van der Waals surface area (Å²) in [5.74, 6) is 1.23. The van der Waals surface area contributed by atoms with Gasteiger partial charge in [-0.3, -0.25) is 9.59 Å². The van der Waals surface area contributed by atoms with Crippen LogP contribution in [0.15, 0.2) is 48.5 Å². The Morgan fingerprint density at radius 1 is 0.969 bits per heavy atom. The molecule has 0 saturated carbocycles. The Labute approximate surface area is 189 Å². The average Bonchev–Trinajstić information content (AvgIpc) is 2.83. The van der Waals surface area contributed by atoms with Crippen LogP contribution in [0.5, 0.6) is 11.5 Å². The van der Waals surface area contributed by atoms with Crippen LogP contribution in [-0.4, -0.2) is 45.8 Å². The molecule has 2 amide bonds. The van der Waals surface area contributed by atoms with E-state index in [0.29, 0.717) is 19.8 Å². The lowest BCUT2D eigenvalue weighted by molar-refractivity contribution is -0.123. The largest absolute Gasteiger partial charge is 0.497 e. The minimum atomic E-state index is -0.412. The molecule has 1 heterocycles. The van der Waals surface area contributed by atoms with E-state index in [-0.39, 0.29) is 23.7 Å². The van der Waals surface area contributed by atoms with E-state index < -0.39 is 6.04 Å². The summed E-state index contributed by atoms with van der Waals surface area (Å²) in [7, 11) is 3.25. The Morgan fingerprint density at radius 3 is 2.06 bits per heavy atom. The number of ether oxygens (including phenoxy) is 3. The summed E-state index contributed by atoms with van der Waals surface area (Å²) in [5, 5.41) is 6.00. The van der Waals surface area contributed by atoms with E-state index in [9.17, 15) is 9.59 Å². The third-order valence-corrected chi connectivity index (χ3v) is 6.06. The van der Waals surface area contributed by atoms with Crippen molar-refractivity contribution in [3.63, 3.8) is 0 Å². The predicted octanol–water partition coefficient (Wildman–Crippen LogP) is 3.14. The molecule has 1 aliphatic heterocycles. The van der Waals surface area contributed by atoms with Crippen LogP contribution in [0.25, 0.3) is 0 Å². The van der Waals surface area contributed by atoms with Crippen LogP contribution < -0.4 is 20.1 Å². The third-order valence-electron chi connectivity index (χ3n) is 6.06. The Bertz CT molecular complexity index is 890. The summed E-state index contributed by atoms with van der Waals surface area (Å²) in [5.41, 5.74) is 1.83. The van der Waals surface area contributed by atoms with Crippen LogP contribution in [0.2, 0.25) is 0 Å². The first-order valence-corrected chi connectivity index (χ1v) is 10.9. The number of methoxy groups -OCH3 is 2. The van der Waals surface area contributed by atoms with Crippen LogP contribution in [0.1, 0.15) is 43.4 Å². The predicted molar refractivity (Wildman–Crippen MR) is 122 cm³/mol. The van der Waals surface area contributed by atoms with Crippen LogP contribution >= 0.6 is 0 Å². The second-order valence-electron chi connectivity index (χ2n) is 8.13. The molecule has 0 aliphatic carbocycles. The minimum Gasteiger partial charge on any atom is -0.497 e. The molecule has 2 aromatic rings. The van der Waals surface area contributed by atoms with E-state index >= 15 is 0 Å². The Hall–Kier alpha value is -3.06. The molecular weight excluding hydrogens is 408 g/mol. The minimum absolute atomic E-state index is 0.112. The molecule has 1 aliphatic rings. The Kier molecular flexibility index (Phi) is 8.11. The van der Waals surface area contributed by atoms with Gasteiger partial charge in [-0.25, -0.2) is 0 Å². The molecule has 0 bridgehead atoms. The topological polar surface area (TPSA) is 85.9 Å². The number of amides is 2. The van der Waals surface area contributed by atoms with E-state index in [1.165, 1.54) is 6.92 Å². The fraction of sp³-hybridized carbons (Fsp3) is 0.440. The summed E-state index contributed by atoms with van der Waals surface area (Å²) in [4.78, 5) is 24.6. The highest BCUT2D eigenvalue weighted by Crippen LogP contribution is 2.35. The second kappa shape index (κ2) is 11.0. The fourth-order valence-corrected chi connectivity index (χ4v) is 4.13. The van der Waals surface area contributed by atoms with Crippen molar-refractivity contribution in [1.82, 2.24) is 10.6 Å². The van der Waals surface area contributed by atoms with E-state index in [1.54, 1.807) is 14.2 Å². The first kappa shape index (κ1) is 23.6. The van der Waals surface area contributed by atoms with Gasteiger partial charge in [0.05, 0.1) is 26.7 Å². The number of rotatable bonds is 9. The third kappa shape index (κ3) is 6.01. The molecule has 172 valence electrons. The van der Waals surface area contributed by atoms with E-state index in [2.05, 4.69) is 22.8 Å². The number of carbonyl (C=O) groups excluding carboxylic acids is 2. The van der Waals surface area contributed by atoms with Crippen molar-refractivity contribution < 1.29 is 23.8 Å². The van der Waals surface area contributed by atoms with Crippen molar-refractivity contribution >= 4 is 11.8 Å². The van der Waals surface area contributed by atoms with Gasteiger partial charge in [0.15, 0.2) is 0 Å². The van der Waals surface area contributed by atoms with Crippen LogP contribution in [0.4, 0.5) is 0 Å². The molecule has 2 aromatic carbocycles. The van der Waals surface area contributed by atoms with Gasteiger partial charge in [0.1, 0.15) is 11.5 Å². The van der Waals surface area contributed by atoms with Crippen molar-refractivity contribution in [3.8, 4) is 11.5 Å². The van der Waals surface area contributed by atoms with Gasteiger partial charge < -0.3 is 24.8 Å². The molecule has 1 atom stereocenters. The molecule has 2 N–H and O–H groups in total. The van der Waals surface area contributed by atoms with Crippen molar-refractivity contribution in [2.45, 2.75) is 37.6 Å². The molecule has 1 unspecified atom stereocenters. The summed E-state index contributed by atoms with van der Waals surface area (Å²) >= 11 is 0. The van der Waals surface area contributed by atoms with Crippen molar-refractivity contribution in [2.75, 3.05) is 34.0 Å². The van der Waals surface area contributed by atoms with Crippen molar-refractivity contribution in [2.24, 2.45) is 0 Å². The Balaban J connectivity index is 1.70. The van der Waals surface area contributed by atoms with E-state index in [1.807, 2.05) is 36.4 Å². The van der Waals surface area contributed by atoms with Crippen molar-refractivity contribution in [3.05, 3.63) is 59.7 Å². The molecule has 3 rings (SSSR count). The first-order chi connectivity index (χ1) is 15.5. The lowest BCUT2D eigenvalue weighted by Gasteiger charge is -2.38. The molecule has 0 spiro atoms. The molecule has 7 heteroatoms. The highest BCUT2D eigenvalue weighted by atomic mass is 16.5. The highest BCUT2D eigenvalue weighted by molar-refractivity contribution is 5.79. The normalized spacial score (nSPS) is 16.0. The van der Waals surface area contributed by atoms with E-state index in [4.69, 9.17) is 14.2 Å². The molecule has 32 heavy (non-hydrogen) atoms. The number of carbonyl (C=O) groups is 2. The van der Waals surface area contributed by atoms with Gasteiger partial charge in [-0.1, -0.05) is 24.3 Å². The maximum absolute atomic E-state index is 12.9. The summed E-state index contributed by atoms with van der Waals surface area (Å²) in [6.45, 7) is 3.27. The lowest BCUT2D eigenvalue weighted by atomic mass is 9.74. The lowest BCUT2D eigenvalue weighted by Crippen LogP contribution is -2.45. The number of nitrogens with one attached hydrogen (secondary N) is 2. The van der Waals surface area contributed by atoms with Gasteiger partial charge in [0, 0.05) is 32.1 Å². The second-order valence-corrected chi connectivity index (χ2v) is 8.13. The number of benzene rings is 2. The van der Waals surface area contributed by atoms with Crippen LogP contribution in [0.3, 0.4) is 0 Å².